The summed E-state index contributed by atoms with van der Waals surface area (Å²) in [6, 6.07) is 5.32. The quantitative estimate of drug-likeness (QED) is 0.765. The van der Waals surface area contributed by atoms with Gasteiger partial charge in [0.05, 0.1) is 19.0 Å². The average molecular weight is 405 g/mol. The molecule has 28 heavy (non-hydrogen) atoms. The van der Waals surface area contributed by atoms with E-state index in [1.165, 1.54) is 6.20 Å². The van der Waals surface area contributed by atoms with Crippen LogP contribution in [0.2, 0.25) is 5.02 Å². The zero-order chi connectivity index (χ0) is 20.1. The number of piperazine rings is 1. The first-order chi connectivity index (χ1) is 13.5. The van der Waals surface area contributed by atoms with Crippen LogP contribution in [-0.2, 0) is 0 Å². The predicted molar refractivity (Wildman–Crippen MR) is 111 cm³/mol. The van der Waals surface area contributed by atoms with Crippen LogP contribution in [0.1, 0.15) is 17.3 Å². The fraction of sp³-hybridized carbons (Fsp3) is 0.421. The molecule has 1 fully saturated rings. The molecule has 1 aliphatic heterocycles. The Morgan fingerprint density at radius 1 is 1.29 bits per heavy atom. The van der Waals surface area contributed by atoms with Gasteiger partial charge in [0.25, 0.3) is 5.91 Å². The van der Waals surface area contributed by atoms with Gasteiger partial charge in [-0.15, -0.1) is 0 Å². The molecule has 9 heteroatoms. The number of rotatable bonds is 6. The zero-order valence-electron chi connectivity index (χ0n) is 16.3. The van der Waals surface area contributed by atoms with E-state index in [4.69, 9.17) is 16.3 Å². The minimum Gasteiger partial charge on any atom is -0.495 e. The Morgan fingerprint density at radius 2 is 2.04 bits per heavy atom. The molecular weight excluding hydrogens is 380 g/mol. The van der Waals surface area contributed by atoms with Gasteiger partial charge in [-0.2, -0.15) is 4.98 Å². The van der Waals surface area contributed by atoms with Gasteiger partial charge in [-0.25, -0.2) is 4.98 Å². The van der Waals surface area contributed by atoms with Gasteiger partial charge in [0.15, 0.2) is 0 Å². The molecule has 0 saturated carbocycles. The lowest BCUT2D eigenvalue weighted by atomic mass is 10.1. The lowest BCUT2D eigenvalue weighted by molar-refractivity contribution is 0.0643. The van der Waals surface area contributed by atoms with E-state index in [-0.39, 0.29) is 5.91 Å². The molecule has 2 aromatic rings. The van der Waals surface area contributed by atoms with Crippen LogP contribution in [0.4, 0.5) is 17.5 Å². The highest BCUT2D eigenvalue weighted by atomic mass is 35.5. The summed E-state index contributed by atoms with van der Waals surface area (Å²) in [5, 5.41) is 6.45. The topological polar surface area (TPSA) is 82.6 Å². The van der Waals surface area contributed by atoms with E-state index in [1.807, 2.05) is 4.90 Å². The molecule has 0 aliphatic carbocycles. The van der Waals surface area contributed by atoms with Crippen LogP contribution in [0.5, 0.6) is 5.75 Å². The number of carbonyl (C=O) groups is 1. The first-order valence-corrected chi connectivity index (χ1v) is 9.60. The third-order valence-corrected chi connectivity index (χ3v) is 5.06. The largest absolute Gasteiger partial charge is 0.495 e. The van der Waals surface area contributed by atoms with E-state index in [0.29, 0.717) is 33.8 Å². The highest BCUT2D eigenvalue weighted by molar-refractivity contribution is 6.32. The lowest BCUT2D eigenvalue weighted by Gasteiger charge is -2.34. The third kappa shape index (κ3) is 4.45. The second kappa shape index (κ2) is 9.07. The first-order valence-electron chi connectivity index (χ1n) is 9.22. The second-order valence-corrected chi connectivity index (χ2v) is 6.81. The molecule has 0 radical (unpaired) electrons. The Bertz CT molecular complexity index is 839. The van der Waals surface area contributed by atoms with Crippen LogP contribution in [0.3, 0.4) is 0 Å². The smallest absolute Gasteiger partial charge is 0.254 e. The Labute approximate surface area is 169 Å². The molecular formula is C19H25ClN6O2. The molecule has 1 saturated heterocycles. The lowest BCUT2D eigenvalue weighted by Crippen LogP contribution is -2.48. The van der Waals surface area contributed by atoms with Crippen molar-refractivity contribution in [3.8, 4) is 5.75 Å². The Balaban J connectivity index is 1.76. The van der Waals surface area contributed by atoms with Gasteiger partial charge in [-0.05, 0) is 24.7 Å². The van der Waals surface area contributed by atoms with Crippen LogP contribution in [0, 0.1) is 0 Å². The van der Waals surface area contributed by atoms with Gasteiger partial charge in [0.2, 0.25) is 5.95 Å². The summed E-state index contributed by atoms with van der Waals surface area (Å²) in [4.78, 5) is 25.5. The van der Waals surface area contributed by atoms with E-state index in [9.17, 15) is 4.79 Å². The summed E-state index contributed by atoms with van der Waals surface area (Å²) in [6.07, 6.45) is 1.52. The monoisotopic (exact) mass is 404 g/mol. The summed E-state index contributed by atoms with van der Waals surface area (Å²) >= 11 is 6.02. The molecule has 0 atom stereocenters. The number of hydrogen-bond donors (Lipinski definition) is 2. The number of anilines is 3. The van der Waals surface area contributed by atoms with Gasteiger partial charge >= 0.3 is 0 Å². The van der Waals surface area contributed by atoms with Crippen LogP contribution in [0.15, 0.2) is 24.4 Å². The van der Waals surface area contributed by atoms with E-state index in [2.05, 4.69) is 32.4 Å². The van der Waals surface area contributed by atoms with Crippen LogP contribution >= 0.6 is 11.6 Å². The highest BCUT2D eigenvalue weighted by Crippen LogP contribution is 2.29. The summed E-state index contributed by atoms with van der Waals surface area (Å²) in [5.74, 6) is 1.46. The van der Waals surface area contributed by atoms with Gasteiger partial charge in [-0.1, -0.05) is 18.5 Å². The molecule has 2 heterocycles. The SMILES string of the molecule is CCN1CCN(C(=O)c2ccc(Nc3ncc(Cl)c(NC)n3)c(OC)c2)CC1. The standard InChI is InChI=1S/C19H25ClN6O2/c1-4-25-7-9-26(10-8-25)18(27)13-5-6-15(16(11-13)28-3)23-19-22-12-14(20)17(21-2)24-19/h5-6,11-12H,4,7-10H2,1-3H3,(H2,21,22,23,24). The number of hydrogen-bond acceptors (Lipinski definition) is 7. The number of carbonyl (C=O) groups excluding carboxylic acids is 1. The number of amides is 1. The zero-order valence-corrected chi connectivity index (χ0v) is 17.1. The molecule has 1 aromatic heterocycles. The maximum Gasteiger partial charge on any atom is 0.254 e. The molecule has 0 unspecified atom stereocenters. The molecule has 2 N–H and O–H groups in total. The van der Waals surface area contributed by atoms with Crippen LogP contribution in [-0.4, -0.2) is 72.6 Å². The first kappa shape index (κ1) is 20.2. The van der Waals surface area contributed by atoms with Crippen molar-refractivity contribution in [2.75, 3.05) is 57.5 Å². The Kier molecular flexibility index (Phi) is 6.53. The van der Waals surface area contributed by atoms with E-state index in [1.54, 1.807) is 32.4 Å². The Hall–Kier alpha value is -2.58. The van der Waals surface area contributed by atoms with Crippen molar-refractivity contribution in [2.45, 2.75) is 6.92 Å². The molecule has 1 amide bonds. The number of methoxy groups -OCH3 is 1. The van der Waals surface area contributed by atoms with Crippen LogP contribution < -0.4 is 15.4 Å². The number of nitrogens with zero attached hydrogens (tertiary/aromatic N) is 4. The van der Waals surface area contributed by atoms with Crippen molar-refractivity contribution >= 4 is 35.0 Å². The normalized spacial score (nSPS) is 14.6. The van der Waals surface area contributed by atoms with E-state index >= 15 is 0 Å². The number of halogens is 1. The molecule has 1 aromatic carbocycles. The van der Waals surface area contributed by atoms with Gasteiger partial charge < -0.3 is 25.2 Å². The van der Waals surface area contributed by atoms with Crippen molar-refractivity contribution in [1.82, 2.24) is 19.8 Å². The molecule has 8 nitrogen and oxygen atoms in total. The molecule has 150 valence electrons. The fourth-order valence-electron chi connectivity index (χ4n) is 3.10. The van der Waals surface area contributed by atoms with Crippen molar-refractivity contribution in [3.05, 3.63) is 35.0 Å². The number of aromatic nitrogens is 2. The van der Waals surface area contributed by atoms with E-state index < -0.39 is 0 Å². The van der Waals surface area contributed by atoms with Crippen LogP contribution in [0.25, 0.3) is 0 Å². The summed E-state index contributed by atoms with van der Waals surface area (Å²) in [6.45, 7) is 6.43. The fourth-order valence-corrected chi connectivity index (χ4v) is 3.29. The second-order valence-electron chi connectivity index (χ2n) is 6.41. The summed E-state index contributed by atoms with van der Waals surface area (Å²) in [5.41, 5.74) is 1.26. The number of benzene rings is 1. The number of ether oxygens (including phenoxy) is 1. The van der Waals surface area contributed by atoms with Gasteiger partial charge in [0.1, 0.15) is 16.6 Å². The predicted octanol–water partition coefficient (Wildman–Crippen LogP) is 2.70. The number of nitrogens with one attached hydrogen (secondary N) is 2. The maximum atomic E-state index is 12.8. The molecule has 1 aliphatic rings. The maximum absolute atomic E-state index is 12.8. The van der Waals surface area contributed by atoms with Gasteiger partial charge in [-0.3, -0.25) is 4.79 Å². The van der Waals surface area contributed by atoms with Crippen molar-refractivity contribution < 1.29 is 9.53 Å². The summed E-state index contributed by atoms with van der Waals surface area (Å²) in [7, 11) is 3.30. The molecule has 0 bridgehead atoms. The highest BCUT2D eigenvalue weighted by Gasteiger charge is 2.22. The van der Waals surface area contributed by atoms with Gasteiger partial charge in [0, 0.05) is 38.8 Å². The Morgan fingerprint density at radius 3 is 2.68 bits per heavy atom. The van der Waals surface area contributed by atoms with Crippen molar-refractivity contribution in [1.29, 1.82) is 0 Å². The third-order valence-electron chi connectivity index (χ3n) is 4.78. The number of likely N-dealkylation sites (N-methyl/N-ethyl adjacent to an activating group) is 1. The minimum absolute atomic E-state index is 0.0146. The molecule has 0 spiro atoms. The summed E-state index contributed by atoms with van der Waals surface area (Å²) < 4.78 is 5.47. The van der Waals surface area contributed by atoms with Crippen molar-refractivity contribution in [3.63, 3.8) is 0 Å². The average Bonchev–Trinajstić information content (AvgIpc) is 2.74. The molecule has 3 rings (SSSR count). The minimum atomic E-state index is 0.0146. The van der Waals surface area contributed by atoms with Crippen molar-refractivity contribution in [2.24, 2.45) is 0 Å². The van der Waals surface area contributed by atoms with E-state index in [0.717, 1.165) is 32.7 Å².